The standard InChI is InChI=1S/C19H25FN4O2S/c1-3-22-19(23-10-9-16-7-8-17(20)11-14(16)2)24-13-15-5-4-6-18(12-15)27(21,25)26/h4-8,11-12H,3,9-10,13H2,1-2H3,(H2,21,25,26)(H2,22,23,24). The Labute approximate surface area is 159 Å². The van der Waals surface area contributed by atoms with Gasteiger partial charge in [0.1, 0.15) is 5.82 Å². The van der Waals surface area contributed by atoms with Crippen LogP contribution in [-0.2, 0) is 23.0 Å². The van der Waals surface area contributed by atoms with Crippen molar-refractivity contribution in [3.05, 3.63) is 65.0 Å². The van der Waals surface area contributed by atoms with Crippen molar-refractivity contribution < 1.29 is 12.8 Å². The first-order valence-electron chi connectivity index (χ1n) is 8.68. The van der Waals surface area contributed by atoms with Crippen molar-refractivity contribution in [2.75, 3.05) is 13.1 Å². The highest BCUT2D eigenvalue weighted by molar-refractivity contribution is 7.89. The summed E-state index contributed by atoms with van der Waals surface area (Å²) in [6.45, 7) is 5.49. The second kappa shape index (κ2) is 9.48. The molecule has 0 saturated carbocycles. The molecule has 4 N–H and O–H groups in total. The van der Waals surface area contributed by atoms with Gasteiger partial charge in [0.2, 0.25) is 10.0 Å². The number of guanidine groups is 1. The van der Waals surface area contributed by atoms with Gasteiger partial charge in [0.05, 0.1) is 11.4 Å². The molecular formula is C19H25FN4O2S. The topological polar surface area (TPSA) is 96.6 Å². The molecule has 0 bridgehead atoms. The van der Waals surface area contributed by atoms with E-state index in [9.17, 15) is 12.8 Å². The summed E-state index contributed by atoms with van der Waals surface area (Å²) < 4.78 is 36.1. The number of hydrogen-bond acceptors (Lipinski definition) is 3. The number of sulfonamides is 1. The average Bonchev–Trinajstić information content (AvgIpc) is 2.61. The Balaban J connectivity index is 2.00. The van der Waals surface area contributed by atoms with E-state index in [1.54, 1.807) is 18.2 Å². The number of primary sulfonamides is 1. The molecule has 0 unspecified atom stereocenters. The third-order valence-corrected chi connectivity index (χ3v) is 4.89. The molecule has 27 heavy (non-hydrogen) atoms. The van der Waals surface area contributed by atoms with E-state index in [1.807, 2.05) is 13.8 Å². The van der Waals surface area contributed by atoms with Crippen molar-refractivity contribution >= 4 is 16.0 Å². The largest absolute Gasteiger partial charge is 0.357 e. The van der Waals surface area contributed by atoms with Crippen LogP contribution >= 0.6 is 0 Å². The van der Waals surface area contributed by atoms with Gasteiger partial charge in [-0.05, 0) is 61.2 Å². The highest BCUT2D eigenvalue weighted by Gasteiger charge is 2.08. The molecule has 0 heterocycles. The summed E-state index contributed by atoms with van der Waals surface area (Å²) in [7, 11) is -3.73. The minimum atomic E-state index is -3.73. The maximum atomic E-state index is 13.2. The van der Waals surface area contributed by atoms with Gasteiger partial charge in [-0.15, -0.1) is 0 Å². The van der Waals surface area contributed by atoms with Crippen LogP contribution < -0.4 is 15.8 Å². The highest BCUT2D eigenvalue weighted by Crippen LogP contribution is 2.11. The lowest BCUT2D eigenvalue weighted by molar-refractivity contribution is 0.597. The number of halogens is 1. The summed E-state index contributed by atoms with van der Waals surface area (Å²) in [5.74, 6) is 0.388. The van der Waals surface area contributed by atoms with Crippen molar-refractivity contribution in [3.8, 4) is 0 Å². The maximum absolute atomic E-state index is 13.2. The highest BCUT2D eigenvalue weighted by atomic mass is 32.2. The van der Waals surface area contributed by atoms with E-state index in [2.05, 4.69) is 15.6 Å². The minimum Gasteiger partial charge on any atom is -0.357 e. The Bertz CT molecular complexity index is 914. The van der Waals surface area contributed by atoms with E-state index in [1.165, 1.54) is 24.3 Å². The fraction of sp³-hybridized carbons (Fsp3) is 0.316. The molecule has 0 aliphatic heterocycles. The fourth-order valence-electron chi connectivity index (χ4n) is 2.59. The fourth-order valence-corrected chi connectivity index (χ4v) is 3.17. The normalized spacial score (nSPS) is 12.1. The first kappa shape index (κ1) is 20.9. The van der Waals surface area contributed by atoms with Gasteiger partial charge in [-0.25, -0.2) is 22.9 Å². The molecule has 0 spiro atoms. The Hall–Kier alpha value is -2.45. The van der Waals surface area contributed by atoms with Gasteiger partial charge in [0.25, 0.3) is 0 Å². The van der Waals surface area contributed by atoms with Crippen molar-refractivity contribution in [1.29, 1.82) is 0 Å². The second-order valence-corrected chi connectivity index (χ2v) is 7.70. The minimum absolute atomic E-state index is 0.0694. The van der Waals surface area contributed by atoms with Gasteiger partial charge in [0, 0.05) is 13.1 Å². The number of hydrogen-bond donors (Lipinski definition) is 3. The van der Waals surface area contributed by atoms with Crippen molar-refractivity contribution in [3.63, 3.8) is 0 Å². The molecular weight excluding hydrogens is 367 g/mol. The summed E-state index contributed by atoms with van der Waals surface area (Å²) in [5, 5.41) is 11.5. The smallest absolute Gasteiger partial charge is 0.238 e. The molecule has 0 atom stereocenters. The summed E-state index contributed by atoms with van der Waals surface area (Å²) in [4.78, 5) is 4.54. The maximum Gasteiger partial charge on any atom is 0.238 e. The molecule has 2 aromatic rings. The van der Waals surface area contributed by atoms with Crippen molar-refractivity contribution in [1.82, 2.24) is 10.6 Å². The Kier molecular flexibility index (Phi) is 7.32. The predicted octanol–water partition coefficient (Wildman–Crippen LogP) is 2.08. The molecule has 2 aromatic carbocycles. The summed E-state index contributed by atoms with van der Waals surface area (Å²) in [6.07, 6.45) is 0.734. The number of nitrogens with zero attached hydrogens (tertiary/aromatic N) is 1. The first-order valence-corrected chi connectivity index (χ1v) is 10.2. The zero-order valence-corrected chi connectivity index (χ0v) is 16.3. The third-order valence-electron chi connectivity index (χ3n) is 3.98. The zero-order valence-electron chi connectivity index (χ0n) is 15.5. The molecule has 0 amide bonds. The van der Waals surface area contributed by atoms with Crippen LogP contribution in [0.4, 0.5) is 4.39 Å². The Morgan fingerprint density at radius 3 is 2.63 bits per heavy atom. The van der Waals surface area contributed by atoms with E-state index in [0.717, 1.165) is 23.1 Å². The van der Waals surface area contributed by atoms with Crippen LogP contribution in [0.15, 0.2) is 52.4 Å². The predicted molar refractivity (Wildman–Crippen MR) is 105 cm³/mol. The molecule has 0 fully saturated rings. The van der Waals surface area contributed by atoms with Crippen LogP contribution in [0.1, 0.15) is 23.6 Å². The molecule has 0 aliphatic rings. The number of aliphatic imine (C=N–C) groups is 1. The number of nitrogens with one attached hydrogen (secondary N) is 2. The molecule has 0 aromatic heterocycles. The van der Waals surface area contributed by atoms with Crippen molar-refractivity contribution in [2.24, 2.45) is 10.1 Å². The molecule has 8 heteroatoms. The Morgan fingerprint density at radius 1 is 1.19 bits per heavy atom. The van der Waals surface area contributed by atoms with Gasteiger partial charge < -0.3 is 10.6 Å². The van der Waals surface area contributed by atoms with E-state index in [0.29, 0.717) is 25.6 Å². The van der Waals surface area contributed by atoms with Gasteiger partial charge in [-0.1, -0.05) is 18.2 Å². The SMILES string of the molecule is CCNC(=NCc1cccc(S(N)(=O)=O)c1)NCCc1ccc(F)cc1C. The van der Waals surface area contributed by atoms with Crippen LogP contribution in [0.25, 0.3) is 0 Å². The van der Waals surface area contributed by atoms with Crippen LogP contribution in [0.3, 0.4) is 0 Å². The average molecular weight is 393 g/mol. The van der Waals surface area contributed by atoms with Crippen molar-refractivity contribution in [2.45, 2.75) is 31.7 Å². The molecule has 146 valence electrons. The van der Waals surface area contributed by atoms with Gasteiger partial charge in [0.15, 0.2) is 5.96 Å². The number of nitrogens with two attached hydrogens (primary N) is 1. The summed E-state index contributed by atoms with van der Waals surface area (Å²) >= 11 is 0. The van der Waals surface area contributed by atoms with E-state index >= 15 is 0 Å². The molecule has 0 radical (unpaired) electrons. The number of benzene rings is 2. The molecule has 2 rings (SSSR count). The monoisotopic (exact) mass is 392 g/mol. The van der Waals surface area contributed by atoms with Crippen LogP contribution in [0.2, 0.25) is 0 Å². The lowest BCUT2D eigenvalue weighted by Crippen LogP contribution is -2.38. The Morgan fingerprint density at radius 2 is 1.96 bits per heavy atom. The summed E-state index contributed by atoms with van der Waals surface area (Å²) in [6, 6.07) is 11.2. The van der Waals surface area contributed by atoms with Crippen LogP contribution in [-0.4, -0.2) is 27.5 Å². The van der Waals surface area contributed by atoms with Gasteiger partial charge in [-0.2, -0.15) is 0 Å². The molecule has 6 nitrogen and oxygen atoms in total. The summed E-state index contributed by atoms with van der Waals surface area (Å²) in [5.41, 5.74) is 2.73. The second-order valence-electron chi connectivity index (χ2n) is 6.14. The van der Waals surface area contributed by atoms with E-state index in [4.69, 9.17) is 5.14 Å². The van der Waals surface area contributed by atoms with Crippen LogP contribution in [0.5, 0.6) is 0 Å². The van der Waals surface area contributed by atoms with E-state index in [-0.39, 0.29) is 10.7 Å². The number of rotatable bonds is 7. The number of aryl methyl sites for hydroxylation is 1. The van der Waals surface area contributed by atoms with Gasteiger partial charge in [-0.3, -0.25) is 0 Å². The zero-order chi connectivity index (χ0) is 19.9. The quantitative estimate of drug-likeness (QED) is 0.496. The van der Waals surface area contributed by atoms with Crippen LogP contribution in [0, 0.1) is 12.7 Å². The lowest BCUT2D eigenvalue weighted by atomic mass is 10.1. The lowest BCUT2D eigenvalue weighted by Gasteiger charge is -2.12. The third kappa shape index (κ3) is 6.65. The molecule has 0 saturated heterocycles. The van der Waals surface area contributed by atoms with E-state index < -0.39 is 10.0 Å². The first-order chi connectivity index (χ1) is 12.8. The molecule has 0 aliphatic carbocycles. The van der Waals surface area contributed by atoms with Gasteiger partial charge >= 0.3 is 0 Å².